The number of aryl methyl sites for hydroxylation is 1. The number of fused-ring (bicyclic) bond motifs is 1. The van der Waals surface area contributed by atoms with E-state index in [0.717, 1.165) is 5.82 Å². The first-order valence-corrected chi connectivity index (χ1v) is 5.51. The fourth-order valence-electron chi connectivity index (χ4n) is 3.29. The molecule has 1 heterocycles. The Morgan fingerprint density at radius 1 is 1.43 bits per heavy atom. The average molecular weight is 191 g/mol. The maximum Gasteiger partial charge on any atom is 0.129 e. The zero-order valence-electron chi connectivity index (χ0n) is 8.61. The molecule has 2 N–H and O–H groups in total. The lowest BCUT2D eigenvalue weighted by molar-refractivity contribution is 0.480. The van der Waals surface area contributed by atoms with Crippen LogP contribution in [0.2, 0.25) is 0 Å². The lowest BCUT2D eigenvalue weighted by atomic mass is 10.0. The second kappa shape index (κ2) is 2.60. The molecule has 2 atom stereocenters. The molecular formula is C11H17N3. The van der Waals surface area contributed by atoms with Crippen LogP contribution in [0.5, 0.6) is 0 Å². The van der Waals surface area contributed by atoms with Crippen LogP contribution in [0, 0.1) is 11.8 Å². The minimum atomic E-state index is -0.0885. The summed E-state index contributed by atoms with van der Waals surface area (Å²) in [4.78, 5) is 4.41. The van der Waals surface area contributed by atoms with E-state index >= 15 is 0 Å². The summed E-state index contributed by atoms with van der Waals surface area (Å²) in [6.45, 7) is 0. The van der Waals surface area contributed by atoms with Gasteiger partial charge in [-0.05, 0) is 24.7 Å². The highest BCUT2D eigenvalue weighted by Crippen LogP contribution is 2.62. The van der Waals surface area contributed by atoms with Crippen LogP contribution in [0.3, 0.4) is 0 Å². The predicted octanol–water partition coefficient (Wildman–Crippen LogP) is 1.39. The highest BCUT2D eigenvalue weighted by atomic mass is 15.1. The Labute approximate surface area is 84.3 Å². The first-order valence-electron chi connectivity index (χ1n) is 5.51. The molecular weight excluding hydrogens is 174 g/mol. The molecule has 0 amide bonds. The Morgan fingerprint density at radius 2 is 2.07 bits per heavy atom. The van der Waals surface area contributed by atoms with Crippen molar-refractivity contribution in [3.8, 4) is 0 Å². The molecule has 0 radical (unpaired) electrons. The van der Waals surface area contributed by atoms with E-state index in [1.807, 2.05) is 19.4 Å². The van der Waals surface area contributed by atoms with E-state index in [9.17, 15) is 0 Å². The van der Waals surface area contributed by atoms with E-state index in [0.29, 0.717) is 11.8 Å². The predicted molar refractivity (Wildman–Crippen MR) is 54.5 cm³/mol. The summed E-state index contributed by atoms with van der Waals surface area (Å²) in [5.74, 6) is 2.50. The highest BCUT2D eigenvalue weighted by Gasteiger charge is 2.64. The Kier molecular flexibility index (Phi) is 1.57. The number of rotatable bonds is 1. The van der Waals surface area contributed by atoms with E-state index in [2.05, 4.69) is 9.55 Å². The molecule has 0 spiro atoms. The van der Waals surface area contributed by atoms with Crippen LogP contribution in [-0.2, 0) is 12.6 Å². The van der Waals surface area contributed by atoms with Gasteiger partial charge in [0.2, 0.25) is 0 Å². The zero-order valence-corrected chi connectivity index (χ0v) is 8.61. The van der Waals surface area contributed by atoms with Crippen molar-refractivity contribution in [1.82, 2.24) is 9.55 Å². The topological polar surface area (TPSA) is 43.8 Å². The molecule has 3 heteroatoms. The fraction of sp³-hybridized carbons (Fsp3) is 0.727. The summed E-state index contributed by atoms with van der Waals surface area (Å²) in [7, 11) is 2.04. The summed E-state index contributed by atoms with van der Waals surface area (Å²) in [6.07, 6.45) is 9.15. The summed E-state index contributed by atoms with van der Waals surface area (Å²) in [5, 5.41) is 0. The third-order valence-corrected chi connectivity index (χ3v) is 4.09. The molecule has 2 fully saturated rings. The van der Waals surface area contributed by atoms with Crippen molar-refractivity contribution in [2.75, 3.05) is 0 Å². The number of imidazole rings is 1. The van der Waals surface area contributed by atoms with Gasteiger partial charge >= 0.3 is 0 Å². The molecule has 0 aliphatic heterocycles. The van der Waals surface area contributed by atoms with Gasteiger partial charge in [0.15, 0.2) is 0 Å². The molecule has 2 unspecified atom stereocenters. The molecule has 1 aromatic rings. The highest BCUT2D eigenvalue weighted by molar-refractivity contribution is 5.26. The first-order chi connectivity index (χ1) is 6.74. The SMILES string of the molecule is Cn1ccnc1C1(N)C2CCCCC21. The molecule has 14 heavy (non-hydrogen) atoms. The van der Waals surface area contributed by atoms with Gasteiger partial charge in [-0.25, -0.2) is 4.98 Å². The van der Waals surface area contributed by atoms with Crippen LogP contribution >= 0.6 is 0 Å². The van der Waals surface area contributed by atoms with Gasteiger partial charge in [0.1, 0.15) is 5.82 Å². The van der Waals surface area contributed by atoms with E-state index in [1.54, 1.807) is 0 Å². The molecule has 76 valence electrons. The maximum absolute atomic E-state index is 6.48. The minimum Gasteiger partial charge on any atom is -0.336 e. The number of nitrogens with two attached hydrogens (primary N) is 1. The largest absolute Gasteiger partial charge is 0.336 e. The number of nitrogens with zero attached hydrogens (tertiary/aromatic N) is 2. The third-order valence-electron chi connectivity index (χ3n) is 4.09. The zero-order chi connectivity index (χ0) is 9.76. The van der Waals surface area contributed by atoms with Crippen molar-refractivity contribution in [3.63, 3.8) is 0 Å². The lowest BCUT2D eigenvalue weighted by Crippen LogP contribution is -2.27. The van der Waals surface area contributed by atoms with E-state index in [1.165, 1.54) is 25.7 Å². The quantitative estimate of drug-likeness (QED) is 0.729. The van der Waals surface area contributed by atoms with Crippen molar-refractivity contribution in [3.05, 3.63) is 18.2 Å². The molecule has 0 saturated heterocycles. The maximum atomic E-state index is 6.48. The summed E-state index contributed by atoms with van der Waals surface area (Å²) < 4.78 is 2.08. The van der Waals surface area contributed by atoms with Gasteiger partial charge in [0.05, 0.1) is 5.54 Å². The monoisotopic (exact) mass is 191 g/mol. The Balaban J connectivity index is 1.96. The van der Waals surface area contributed by atoms with E-state index in [-0.39, 0.29) is 5.54 Å². The van der Waals surface area contributed by atoms with Crippen LogP contribution in [0.15, 0.2) is 12.4 Å². The summed E-state index contributed by atoms with van der Waals surface area (Å²) in [6, 6.07) is 0. The lowest BCUT2D eigenvalue weighted by Gasteiger charge is -2.11. The van der Waals surface area contributed by atoms with Crippen LogP contribution in [-0.4, -0.2) is 9.55 Å². The number of hydrogen-bond acceptors (Lipinski definition) is 2. The van der Waals surface area contributed by atoms with E-state index < -0.39 is 0 Å². The standard InChI is InChI=1S/C11H17N3/c1-14-7-6-13-10(14)11(12)8-4-2-3-5-9(8)11/h6-9H,2-5,12H2,1H3. The average Bonchev–Trinajstić information content (AvgIpc) is 2.57. The van der Waals surface area contributed by atoms with Crippen LogP contribution in [0.25, 0.3) is 0 Å². The Morgan fingerprint density at radius 3 is 2.57 bits per heavy atom. The van der Waals surface area contributed by atoms with Crippen LogP contribution in [0.4, 0.5) is 0 Å². The summed E-state index contributed by atoms with van der Waals surface area (Å²) >= 11 is 0. The Hall–Kier alpha value is -0.830. The van der Waals surface area contributed by atoms with Crippen LogP contribution < -0.4 is 5.73 Å². The van der Waals surface area contributed by atoms with Crippen LogP contribution in [0.1, 0.15) is 31.5 Å². The van der Waals surface area contributed by atoms with Gasteiger partial charge in [0.25, 0.3) is 0 Å². The Bertz CT molecular complexity index is 343. The molecule has 2 aliphatic carbocycles. The molecule has 1 aromatic heterocycles. The summed E-state index contributed by atoms with van der Waals surface area (Å²) in [5.41, 5.74) is 6.39. The molecule has 0 aromatic carbocycles. The molecule has 2 aliphatic rings. The molecule has 3 rings (SSSR count). The number of aromatic nitrogens is 2. The van der Waals surface area contributed by atoms with Gasteiger partial charge in [0, 0.05) is 19.4 Å². The normalized spacial score (nSPS) is 40.7. The first kappa shape index (κ1) is 8.48. The van der Waals surface area contributed by atoms with Crippen molar-refractivity contribution in [2.24, 2.45) is 24.6 Å². The molecule has 3 nitrogen and oxygen atoms in total. The molecule has 2 saturated carbocycles. The van der Waals surface area contributed by atoms with Crippen molar-refractivity contribution in [2.45, 2.75) is 31.2 Å². The second-order valence-corrected chi connectivity index (χ2v) is 4.79. The van der Waals surface area contributed by atoms with Crippen molar-refractivity contribution in [1.29, 1.82) is 0 Å². The van der Waals surface area contributed by atoms with Crippen molar-refractivity contribution < 1.29 is 0 Å². The fourth-order valence-corrected chi connectivity index (χ4v) is 3.29. The van der Waals surface area contributed by atoms with Gasteiger partial charge in [-0.3, -0.25) is 0 Å². The number of hydrogen-bond donors (Lipinski definition) is 1. The smallest absolute Gasteiger partial charge is 0.129 e. The van der Waals surface area contributed by atoms with Crippen molar-refractivity contribution >= 4 is 0 Å². The van der Waals surface area contributed by atoms with E-state index in [4.69, 9.17) is 5.73 Å². The van der Waals surface area contributed by atoms with Gasteiger partial charge < -0.3 is 10.3 Å². The minimum absolute atomic E-state index is 0.0885. The molecule has 0 bridgehead atoms. The van der Waals surface area contributed by atoms with Gasteiger partial charge in [-0.2, -0.15) is 0 Å². The third kappa shape index (κ3) is 0.883. The second-order valence-electron chi connectivity index (χ2n) is 4.79. The van der Waals surface area contributed by atoms with Gasteiger partial charge in [-0.15, -0.1) is 0 Å². The van der Waals surface area contributed by atoms with Gasteiger partial charge in [-0.1, -0.05) is 12.8 Å².